The van der Waals surface area contributed by atoms with E-state index in [1.807, 2.05) is 19.1 Å². The predicted octanol–water partition coefficient (Wildman–Crippen LogP) is 0.234. The Balaban J connectivity index is 1.84. The SMILES string of the molecule is Cc1cc(NC(=O)CN2CCNCC2)ccn1. The molecule has 0 aliphatic carbocycles. The topological polar surface area (TPSA) is 57.3 Å². The number of piperazine rings is 1. The molecule has 1 aliphatic rings. The molecule has 2 rings (SSSR count). The number of aromatic nitrogens is 1. The van der Waals surface area contributed by atoms with Crippen molar-refractivity contribution in [3.63, 3.8) is 0 Å². The van der Waals surface area contributed by atoms with Crippen molar-refractivity contribution in [2.24, 2.45) is 0 Å². The van der Waals surface area contributed by atoms with Crippen molar-refractivity contribution in [1.82, 2.24) is 15.2 Å². The first kappa shape index (κ1) is 12.0. The molecule has 0 unspecified atom stereocenters. The molecule has 0 atom stereocenters. The molecule has 0 radical (unpaired) electrons. The number of carbonyl (C=O) groups excluding carboxylic acids is 1. The van der Waals surface area contributed by atoms with Gasteiger partial charge in [-0.25, -0.2) is 0 Å². The number of aryl methyl sites for hydroxylation is 1. The van der Waals surface area contributed by atoms with Crippen LogP contribution in [-0.2, 0) is 4.79 Å². The Kier molecular flexibility index (Phi) is 4.06. The van der Waals surface area contributed by atoms with Crippen molar-refractivity contribution in [2.45, 2.75) is 6.92 Å². The van der Waals surface area contributed by atoms with Crippen LogP contribution in [-0.4, -0.2) is 48.5 Å². The third kappa shape index (κ3) is 3.80. The second-order valence-corrected chi connectivity index (χ2v) is 4.26. The molecule has 5 nitrogen and oxygen atoms in total. The molecule has 1 amide bonds. The van der Waals surface area contributed by atoms with E-state index >= 15 is 0 Å². The number of nitrogens with one attached hydrogen (secondary N) is 2. The number of anilines is 1. The van der Waals surface area contributed by atoms with Crippen molar-refractivity contribution >= 4 is 11.6 Å². The van der Waals surface area contributed by atoms with Gasteiger partial charge >= 0.3 is 0 Å². The van der Waals surface area contributed by atoms with Crippen LogP contribution in [0.2, 0.25) is 0 Å². The van der Waals surface area contributed by atoms with E-state index in [0.29, 0.717) is 6.54 Å². The predicted molar refractivity (Wildman–Crippen MR) is 66.9 cm³/mol. The van der Waals surface area contributed by atoms with Crippen molar-refractivity contribution in [2.75, 3.05) is 38.0 Å². The molecular formula is C12H18N4O. The molecule has 0 saturated carbocycles. The van der Waals surface area contributed by atoms with Crippen molar-refractivity contribution in [3.8, 4) is 0 Å². The highest BCUT2D eigenvalue weighted by Gasteiger charge is 2.13. The molecule has 1 saturated heterocycles. The lowest BCUT2D eigenvalue weighted by Gasteiger charge is -2.26. The number of pyridine rings is 1. The van der Waals surface area contributed by atoms with Gasteiger partial charge in [0.25, 0.3) is 0 Å². The maximum absolute atomic E-state index is 11.8. The van der Waals surface area contributed by atoms with Crippen molar-refractivity contribution in [3.05, 3.63) is 24.0 Å². The summed E-state index contributed by atoms with van der Waals surface area (Å²) >= 11 is 0. The Labute approximate surface area is 101 Å². The molecular weight excluding hydrogens is 216 g/mol. The van der Waals surface area contributed by atoms with E-state index in [1.165, 1.54) is 0 Å². The molecule has 17 heavy (non-hydrogen) atoms. The minimum Gasteiger partial charge on any atom is -0.325 e. The molecule has 5 heteroatoms. The minimum absolute atomic E-state index is 0.0394. The molecule has 2 heterocycles. The Bertz CT molecular complexity index is 388. The van der Waals surface area contributed by atoms with Crippen LogP contribution in [0.5, 0.6) is 0 Å². The summed E-state index contributed by atoms with van der Waals surface area (Å²) in [7, 11) is 0. The smallest absolute Gasteiger partial charge is 0.238 e. The number of amides is 1. The van der Waals surface area contributed by atoms with Crippen LogP contribution in [0.3, 0.4) is 0 Å². The molecule has 1 aliphatic heterocycles. The molecule has 2 N–H and O–H groups in total. The summed E-state index contributed by atoms with van der Waals surface area (Å²) in [6, 6.07) is 3.68. The first-order valence-corrected chi connectivity index (χ1v) is 5.89. The fourth-order valence-electron chi connectivity index (χ4n) is 1.90. The highest BCUT2D eigenvalue weighted by atomic mass is 16.2. The lowest BCUT2D eigenvalue weighted by atomic mass is 10.3. The van der Waals surface area contributed by atoms with Gasteiger partial charge in [-0.15, -0.1) is 0 Å². The number of hydrogen-bond acceptors (Lipinski definition) is 4. The number of hydrogen-bond donors (Lipinski definition) is 2. The van der Waals surface area contributed by atoms with Gasteiger partial charge < -0.3 is 10.6 Å². The van der Waals surface area contributed by atoms with E-state index in [0.717, 1.165) is 37.6 Å². The van der Waals surface area contributed by atoms with Crippen LogP contribution in [0, 0.1) is 6.92 Å². The van der Waals surface area contributed by atoms with Gasteiger partial charge in [0.1, 0.15) is 0 Å². The Hall–Kier alpha value is -1.46. The highest BCUT2D eigenvalue weighted by Crippen LogP contribution is 2.07. The zero-order valence-electron chi connectivity index (χ0n) is 10.1. The van der Waals surface area contributed by atoms with Gasteiger partial charge in [0, 0.05) is 43.8 Å². The van der Waals surface area contributed by atoms with Crippen molar-refractivity contribution in [1.29, 1.82) is 0 Å². The van der Waals surface area contributed by atoms with Crippen LogP contribution < -0.4 is 10.6 Å². The quantitative estimate of drug-likeness (QED) is 0.786. The fraction of sp³-hybridized carbons (Fsp3) is 0.500. The Morgan fingerprint density at radius 1 is 1.53 bits per heavy atom. The third-order valence-electron chi connectivity index (χ3n) is 2.76. The number of rotatable bonds is 3. The number of nitrogens with zero attached hydrogens (tertiary/aromatic N) is 2. The Morgan fingerprint density at radius 2 is 2.29 bits per heavy atom. The van der Waals surface area contributed by atoms with Gasteiger partial charge in [0.2, 0.25) is 5.91 Å². The maximum atomic E-state index is 11.8. The summed E-state index contributed by atoms with van der Waals surface area (Å²) in [5, 5.41) is 6.15. The van der Waals surface area contributed by atoms with Crippen molar-refractivity contribution < 1.29 is 4.79 Å². The molecule has 92 valence electrons. The first-order chi connectivity index (χ1) is 8.24. The van der Waals surface area contributed by atoms with E-state index in [1.54, 1.807) is 6.20 Å². The maximum Gasteiger partial charge on any atom is 0.238 e. The van der Waals surface area contributed by atoms with Crippen LogP contribution in [0.15, 0.2) is 18.3 Å². The average Bonchev–Trinajstić information content (AvgIpc) is 2.30. The fourth-order valence-corrected chi connectivity index (χ4v) is 1.90. The zero-order chi connectivity index (χ0) is 12.1. The number of carbonyl (C=O) groups is 1. The second kappa shape index (κ2) is 5.75. The normalized spacial score (nSPS) is 16.8. The van der Waals surface area contributed by atoms with Gasteiger partial charge in [-0.1, -0.05) is 0 Å². The van der Waals surface area contributed by atoms with Gasteiger partial charge in [0.15, 0.2) is 0 Å². The van der Waals surface area contributed by atoms with Crippen LogP contribution in [0.25, 0.3) is 0 Å². The summed E-state index contributed by atoms with van der Waals surface area (Å²) in [5.41, 5.74) is 1.72. The highest BCUT2D eigenvalue weighted by molar-refractivity contribution is 5.92. The first-order valence-electron chi connectivity index (χ1n) is 5.89. The summed E-state index contributed by atoms with van der Waals surface area (Å²) < 4.78 is 0. The average molecular weight is 234 g/mol. The van der Waals surface area contributed by atoms with Gasteiger partial charge in [-0.3, -0.25) is 14.7 Å². The van der Waals surface area contributed by atoms with Gasteiger partial charge in [0.05, 0.1) is 6.54 Å². The standard InChI is InChI=1S/C12H18N4O/c1-10-8-11(2-3-14-10)15-12(17)9-16-6-4-13-5-7-16/h2-3,8,13H,4-7,9H2,1H3,(H,14,15,17). The molecule has 0 aromatic carbocycles. The van der Waals surface area contributed by atoms with E-state index in [2.05, 4.69) is 20.5 Å². The third-order valence-corrected chi connectivity index (χ3v) is 2.76. The van der Waals surface area contributed by atoms with E-state index < -0.39 is 0 Å². The minimum atomic E-state index is 0.0394. The van der Waals surface area contributed by atoms with E-state index in [9.17, 15) is 4.79 Å². The van der Waals surface area contributed by atoms with E-state index in [4.69, 9.17) is 0 Å². The monoisotopic (exact) mass is 234 g/mol. The summed E-state index contributed by atoms with van der Waals surface area (Å²) in [4.78, 5) is 18.0. The molecule has 1 aromatic heterocycles. The lowest BCUT2D eigenvalue weighted by Crippen LogP contribution is -2.46. The summed E-state index contributed by atoms with van der Waals surface area (Å²) in [6.07, 6.45) is 1.70. The largest absolute Gasteiger partial charge is 0.325 e. The molecule has 0 bridgehead atoms. The molecule has 1 aromatic rings. The summed E-state index contributed by atoms with van der Waals surface area (Å²) in [5.74, 6) is 0.0394. The molecule has 1 fully saturated rings. The van der Waals surface area contributed by atoms with Crippen LogP contribution in [0.4, 0.5) is 5.69 Å². The summed E-state index contributed by atoms with van der Waals surface area (Å²) in [6.45, 7) is 6.16. The van der Waals surface area contributed by atoms with Gasteiger partial charge in [-0.2, -0.15) is 0 Å². The lowest BCUT2D eigenvalue weighted by molar-refractivity contribution is -0.117. The van der Waals surface area contributed by atoms with Gasteiger partial charge in [-0.05, 0) is 19.1 Å². The second-order valence-electron chi connectivity index (χ2n) is 4.26. The van der Waals surface area contributed by atoms with Crippen LogP contribution in [0.1, 0.15) is 5.69 Å². The van der Waals surface area contributed by atoms with Crippen LogP contribution >= 0.6 is 0 Å². The molecule has 0 spiro atoms. The zero-order valence-corrected chi connectivity index (χ0v) is 10.1. The van der Waals surface area contributed by atoms with E-state index in [-0.39, 0.29) is 5.91 Å². The Morgan fingerprint density at radius 3 is 3.00 bits per heavy atom.